The van der Waals surface area contributed by atoms with E-state index in [9.17, 15) is 13.2 Å². The first-order chi connectivity index (χ1) is 14.8. The molecule has 3 rings (SSSR count). The Labute approximate surface area is 185 Å². The second kappa shape index (κ2) is 10.3. The highest BCUT2D eigenvalue weighted by Crippen LogP contribution is 2.27. The third kappa shape index (κ3) is 5.86. The van der Waals surface area contributed by atoms with E-state index in [-0.39, 0.29) is 22.8 Å². The maximum atomic E-state index is 13.0. The fourth-order valence-electron chi connectivity index (χ4n) is 3.98. The Hall–Kier alpha value is -2.38. The summed E-state index contributed by atoms with van der Waals surface area (Å²) in [6.07, 6.45) is 2.86. The van der Waals surface area contributed by atoms with E-state index in [2.05, 4.69) is 17.4 Å². The molecule has 31 heavy (non-hydrogen) atoms. The number of carbonyl (C=O) groups excluding carboxylic acids is 1. The van der Waals surface area contributed by atoms with Gasteiger partial charge in [-0.2, -0.15) is 4.31 Å². The van der Waals surface area contributed by atoms with Crippen molar-refractivity contribution in [3.63, 3.8) is 0 Å². The Morgan fingerprint density at radius 3 is 2.45 bits per heavy atom. The maximum absolute atomic E-state index is 13.0. The lowest BCUT2D eigenvalue weighted by atomic mass is 9.96. The van der Waals surface area contributed by atoms with Gasteiger partial charge in [0.15, 0.2) is 0 Å². The van der Waals surface area contributed by atoms with Gasteiger partial charge in [-0.25, -0.2) is 8.42 Å². The second-order valence-corrected chi connectivity index (χ2v) is 10.2. The number of methoxy groups -OCH3 is 1. The van der Waals surface area contributed by atoms with E-state index in [1.807, 2.05) is 32.0 Å². The van der Waals surface area contributed by atoms with E-state index >= 15 is 0 Å². The fourth-order valence-corrected chi connectivity index (χ4v) is 5.53. The van der Waals surface area contributed by atoms with Gasteiger partial charge in [0.1, 0.15) is 5.75 Å². The Bertz CT molecular complexity index is 984. The van der Waals surface area contributed by atoms with E-state index < -0.39 is 10.0 Å². The van der Waals surface area contributed by atoms with Crippen molar-refractivity contribution in [2.24, 2.45) is 5.92 Å². The zero-order valence-corrected chi connectivity index (χ0v) is 19.3. The highest BCUT2D eigenvalue weighted by atomic mass is 32.2. The van der Waals surface area contributed by atoms with Crippen molar-refractivity contribution < 1.29 is 17.9 Å². The standard InChI is InChI=1S/C24H32N2O4S/c1-18-17-22(11-12-23(18)30-3)31(28,29)26-15-13-21(14-16-26)24(27)25-19(2)9-10-20-7-5-4-6-8-20/h4-8,11-12,17,19,21H,9-10,13-16H2,1-3H3,(H,25,27)/t19-/m1/s1. The summed E-state index contributed by atoms with van der Waals surface area (Å²) < 4.78 is 32.7. The van der Waals surface area contributed by atoms with E-state index in [0.29, 0.717) is 31.7 Å². The zero-order valence-electron chi connectivity index (χ0n) is 18.5. The number of rotatable bonds is 8. The molecule has 2 aromatic carbocycles. The molecular weight excluding hydrogens is 412 g/mol. The summed E-state index contributed by atoms with van der Waals surface area (Å²) in [5, 5.41) is 3.10. The van der Waals surface area contributed by atoms with E-state index in [1.165, 1.54) is 9.87 Å². The largest absolute Gasteiger partial charge is 0.496 e. The normalized spacial score (nSPS) is 16.6. The van der Waals surface area contributed by atoms with Crippen LogP contribution in [0.3, 0.4) is 0 Å². The molecule has 0 saturated carbocycles. The molecule has 1 atom stereocenters. The Morgan fingerprint density at radius 2 is 1.84 bits per heavy atom. The van der Waals surface area contributed by atoms with Crippen LogP contribution in [-0.2, 0) is 21.2 Å². The van der Waals surface area contributed by atoms with Gasteiger partial charge in [-0.3, -0.25) is 4.79 Å². The molecule has 1 aliphatic heterocycles. The SMILES string of the molecule is COc1ccc(S(=O)(=O)N2CCC(C(=O)N[C@H](C)CCc3ccccc3)CC2)cc1C. The highest BCUT2D eigenvalue weighted by Gasteiger charge is 2.32. The molecule has 0 aliphatic carbocycles. The number of piperidine rings is 1. The van der Waals surface area contributed by atoms with E-state index in [0.717, 1.165) is 18.4 Å². The summed E-state index contributed by atoms with van der Waals surface area (Å²) in [5.74, 6) is 0.539. The van der Waals surface area contributed by atoms with Gasteiger partial charge in [0.05, 0.1) is 12.0 Å². The Morgan fingerprint density at radius 1 is 1.16 bits per heavy atom. The number of nitrogens with one attached hydrogen (secondary N) is 1. The summed E-state index contributed by atoms with van der Waals surface area (Å²) in [6.45, 7) is 4.55. The predicted molar refractivity (Wildman–Crippen MR) is 122 cm³/mol. The average molecular weight is 445 g/mol. The summed E-state index contributed by atoms with van der Waals surface area (Å²) in [6, 6.07) is 15.2. The lowest BCUT2D eigenvalue weighted by Gasteiger charge is -2.31. The molecule has 0 spiro atoms. The third-order valence-electron chi connectivity index (χ3n) is 5.93. The summed E-state index contributed by atoms with van der Waals surface area (Å²) in [4.78, 5) is 12.9. The minimum absolute atomic E-state index is 0.0258. The molecular formula is C24H32N2O4S. The summed E-state index contributed by atoms with van der Waals surface area (Å²) in [5.41, 5.74) is 2.04. The van der Waals surface area contributed by atoms with Crippen molar-refractivity contribution in [3.05, 3.63) is 59.7 Å². The smallest absolute Gasteiger partial charge is 0.243 e. The molecule has 1 N–H and O–H groups in total. The summed E-state index contributed by atoms with van der Waals surface area (Å²) in [7, 11) is -2.01. The second-order valence-electron chi connectivity index (χ2n) is 8.24. The number of carbonyl (C=O) groups is 1. The molecule has 1 amide bonds. The van der Waals surface area contributed by atoms with Crippen LogP contribution in [0.15, 0.2) is 53.4 Å². The van der Waals surface area contributed by atoms with Gasteiger partial charge >= 0.3 is 0 Å². The van der Waals surface area contributed by atoms with Gasteiger partial charge < -0.3 is 10.1 Å². The maximum Gasteiger partial charge on any atom is 0.243 e. The molecule has 1 aliphatic rings. The van der Waals surface area contributed by atoms with Crippen LogP contribution >= 0.6 is 0 Å². The first-order valence-electron chi connectivity index (χ1n) is 10.8. The quantitative estimate of drug-likeness (QED) is 0.676. The van der Waals surface area contributed by atoms with Gasteiger partial charge in [0.25, 0.3) is 0 Å². The number of aryl methyl sites for hydroxylation is 2. The third-order valence-corrected chi connectivity index (χ3v) is 7.82. The molecule has 1 fully saturated rings. The minimum atomic E-state index is -3.57. The lowest BCUT2D eigenvalue weighted by molar-refractivity contribution is -0.126. The van der Waals surface area contributed by atoms with E-state index in [1.54, 1.807) is 25.3 Å². The van der Waals surface area contributed by atoms with E-state index in [4.69, 9.17) is 4.74 Å². The van der Waals surface area contributed by atoms with Crippen LogP contribution < -0.4 is 10.1 Å². The molecule has 2 aromatic rings. The first kappa shape index (κ1) is 23.3. The molecule has 0 aromatic heterocycles. The van der Waals surface area contributed by atoms with Crippen LogP contribution in [0.2, 0.25) is 0 Å². The highest BCUT2D eigenvalue weighted by molar-refractivity contribution is 7.89. The van der Waals surface area contributed by atoms with Crippen molar-refractivity contribution >= 4 is 15.9 Å². The number of hydrogen-bond donors (Lipinski definition) is 1. The molecule has 6 nitrogen and oxygen atoms in total. The van der Waals surface area contributed by atoms with Crippen molar-refractivity contribution in [2.75, 3.05) is 20.2 Å². The molecule has 1 heterocycles. The van der Waals surface area contributed by atoms with Crippen LogP contribution in [0.4, 0.5) is 0 Å². The number of amides is 1. The fraction of sp³-hybridized carbons (Fsp3) is 0.458. The van der Waals surface area contributed by atoms with Gasteiger partial charge in [0.2, 0.25) is 15.9 Å². The van der Waals surface area contributed by atoms with Crippen LogP contribution in [-0.4, -0.2) is 44.9 Å². The summed E-state index contributed by atoms with van der Waals surface area (Å²) >= 11 is 0. The minimum Gasteiger partial charge on any atom is -0.496 e. The molecule has 168 valence electrons. The predicted octanol–water partition coefficient (Wildman–Crippen LogP) is 3.54. The number of nitrogens with zero attached hydrogens (tertiary/aromatic N) is 1. The van der Waals surface area contributed by atoms with Crippen molar-refractivity contribution in [1.29, 1.82) is 0 Å². The number of benzene rings is 2. The number of sulfonamides is 1. The monoisotopic (exact) mass is 444 g/mol. The molecule has 1 saturated heterocycles. The first-order valence-corrected chi connectivity index (χ1v) is 12.2. The molecule has 0 radical (unpaired) electrons. The topological polar surface area (TPSA) is 75.7 Å². The average Bonchev–Trinajstić information content (AvgIpc) is 2.78. The number of ether oxygens (including phenoxy) is 1. The van der Waals surface area contributed by atoms with Crippen molar-refractivity contribution in [1.82, 2.24) is 9.62 Å². The van der Waals surface area contributed by atoms with Crippen molar-refractivity contribution in [3.8, 4) is 5.75 Å². The molecule has 7 heteroatoms. The van der Waals surface area contributed by atoms with Crippen LogP contribution in [0.1, 0.15) is 37.3 Å². The lowest BCUT2D eigenvalue weighted by Crippen LogP contribution is -2.44. The molecule has 0 bridgehead atoms. The Balaban J connectivity index is 1.51. The molecule has 0 unspecified atom stereocenters. The van der Waals surface area contributed by atoms with Crippen molar-refractivity contribution in [2.45, 2.75) is 50.5 Å². The van der Waals surface area contributed by atoms with Crippen LogP contribution in [0.5, 0.6) is 5.75 Å². The van der Waals surface area contributed by atoms with Gasteiger partial charge in [0, 0.05) is 25.0 Å². The Kier molecular flexibility index (Phi) is 7.73. The van der Waals surface area contributed by atoms with Gasteiger partial charge in [-0.1, -0.05) is 30.3 Å². The van der Waals surface area contributed by atoms with Crippen LogP contribution in [0.25, 0.3) is 0 Å². The number of hydrogen-bond acceptors (Lipinski definition) is 4. The van der Waals surface area contributed by atoms with Gasteiger partial charge in [-0.15, -0.1) is 0 Å². The van der Waals surface area contributed by atoms with Crippen LogP contribution in [0, 0.1) is 12.8 Å². The zero-order chi connectivity index (χ0) is 22.4. The van der Waals surface area contributed by atoms with Gasteiger partial charge in [-0.05, 0) is 68.9 Å².